The SMILES string of the molecule is Nc1cc(C(=O)O)cc(N)c1C1CCC(OC(=O)c2ccccc2OC(F)(F)F)CC1. The van der Waals surface area contributed by atoms with Gasteiger partial charge in [0.15, 0.2) is 0 Å². The van der Waals surface area contributed by atoms with E-state index in [1.54, 1.807) is 0 Å². The Morgan fingerprint density at radius 2 is 1.58 bits per heavy atom. The third kappa shape index (κ3) is 5.39. The Hall–Kier alpha value is -3.43. The van der Waals surface area contributed by atoms with Crippen LogP contribution in [0.25, 0.3) is 0 Å². The Kier molecular flexibility index (Phi) is 6.28. The van der Waals surface area contributed by atoms with E-state index in [1.807, 2.05) is 0 Å². The number of rotatable bonds is 5. The van der Waals surface area contributed by atoms with Crippen molar-refractivity contribution in [1.29, 1.82) is 0 Å². The molecule has 10 heteroatoms. The summed E-state index contributed by atoms with van der Waals surface area (Å²) in [6.07, 6.45) is -3.36. The molecule has 0 amide bonds. The quantitative estimate of drug-likeness (QED) is 0.469. The summed E-state index contributed by atoms with van der Waals surface area (Å²) in [5, 5.41) is 9.10. The summed E-state index contributed by atoms with van der Waals surface area (Å²) in [6, 6.07) is 7.72. The molecule has 1 aliphatic carbocycles. The maximum atomic E-state index is 12.6. The molecule has 5 N–H and O–H groups in total. The van der Waals surface area contributed by atoms with Gasteiger partial charge in [-0.3, -0.25) is 0 Å². The van der Waals surface area contributed by atoms with Crippen molar-refractivity contribution in [2.45, 2.75) is 44.1 Å². The number of carbonyl (C=O) groups is 2. The van der Waals surface area contributed by atoms with Crippen molar-refractivity contribution < 1.29 is 37.3 Å². The standard InChI is InChI=1S/C21H21F3N2O5/c22-21(23,24)31-17-4-2-1-3-14(17)20(29)30-13-7-5-11(6-8-13)18-15(25)9-12(19(27)28)10-16(18)26/h1-4,9-11,13H,5-8,25-26H2,(H,27,28). The van der Waals surface area contributed by atoms with Crippen molar-refractivity contribution in [3.63, 3.8) is 0 Å². The maximum Gasteiger partial charge on any atom is 0.573 e. The number of aromatic carboxylic acids is 1. The summed E-state index contributed by atoms with van der Waals surface area (Å²) in [5.74, 6) is -2.69. The molecule has 0 bridgehead atoms. The lowest BCUT2D eigenvalue weighted by molar-refractivity contribution is -0.274. The number of carbonyl (C=O) groups excluding carboxylic acids is 1. The minimum absolute atomic E-state index is 0.00103. The number of ether oxygens (including phenoxy) is 2. The number of para-hydroxylation sites is 1. The molecule has 1 fully saturated rings. The van der Waals surface area contributed by atoms with Crippen molar-refractivity contribution in [3.05, 3.63) is 53.1 Å². The van der Waals surface area contributed by atoms with Crippen LogP contribution < -0.4 is 16.2 Å². The number of nitrogen functional groups attached to an aromatic ring is 2. The number of nitrogens with two attached hydrogens (primary N) is 2. The molecule has 0 unspecified atom stereocenters. The van der Waals surface area contributed by atoms with E-state index in [9.17, 15) is 22.8 Å². The van der Waals surface area contributed by atoms with Crippen molar-refractivity contribution >= 4 is 23.3 Å². The van der Waals surface area contributed by atoms with Crippen LogP contribution in [0.15, 0.2) is 36.4 Å². The molecular formula is C21H21F3N2O5. The maximum absolute atomic E-state index is 12.6. The predicted octanol–water partition coefficient (Wildman–Crippen LogP) is 4.33. The number of halogens is 3. The third-order valence-corrected chi connectivity index (χ3v) is 5.18. The normalized spacial score (nSPS) is 18.9. The van der Waals surface area contributed by atoms with E-state index in [0.29, 0.717) is 31.2 Å². The first kappa shape index (κ1) is 22.3. The van der Waals surface area contributed by atoms with Gasteiger partial charge in [0.25, 0.3) is 0 Å². The number of carboxylic acids is 1. The van der Waals surface area contributed by atoms with Crippen LogP contribution in [0.3, 0.4) is 0 Å². The average Bonchev–Trinajstić information content (AvgIpc) is 2.67. The van der Waals surface area contributed by atoms with Crippen LogP contribution in [0, 0.1) is 0 Å². The molecule has 2 aromatic rings. The molecule has 1 aliphatic rings. The van der Waals surface area contributed by atoms with E-state index in [4.69, 9.17) is 21.3 Å². The highest BCUT2D eigenvalue weighted by Crippen LogP contribution is 2.40. The van der Waals surface area contributed by atoms with Gasteiger partial charge in [0, 0.05) is 16.9 Å². The summed E-state index contributed by atoms with van der Waals surface area (Å²) in [7, 11) is 0. The number of carboxylic acid groups (broad SMARTS) is 1. The fourth-order valence-corrected chi connectivity index (χ4v) is 3.83. The number of esters is 1. The zero-order valence-corrected chi connectivity index (χ0v) is 16.3. The Morgan fingerprint density at radius 1 is 1.00 bits per heavy atom. The van der Waals surface area contributed by atoms with Gasteiger partial charge in [-0.05, 0) is 55.9 Å². The van der Waals surface area contributed by atoms with E-state index in [-0.39, 0.29) is 28.4 Å². The molecule has 0 radical (unpaired) electrons. The van der Waals surface area contributed by atoms with Crippen LogP contribution >= 0.6 is 0 Å². The van der Waals surface area contributed by atoms with Gasteiger partial charge in [-0.2, -0.15) is 0 Å². The zero-order valence-electron chi connectivity index (χ0n) is 16.3. The summed E-state index contributed by atoms with van der Waals surface area (Å²) < 4.78 is 47.0. The number of alkyl halides is 3. The minimum Gasteiger partial charge on any atom is -0.478 e. The Morgan fingerprint density at radius 3 is 2.13 bits per heavy atom. The van der Waals surface area contributed by atoms with Gasteiger partial charge in [-0.1, -0.05) is 12.1 Å². The van der Waals surface area contributed by atoms with Crippen LogP contribution in [0.4, 0.5) is 24.5 Å². The van der Waals surface area contributed by atoms with Crippen LogP contribution in [0.2, 0.25) is 0 Å². The van der Waals surface area contributed by atoms with Crippen LogP contribution in [-0.2, 0) is 4.74 Å². The number of hydrogen-bond donors (Lipinski definition) is 3. The van der Waals surface area contributed by atoms with Crippen molar-refractivity contribution in [2.24, 2.45) is 0 Å². The molecule has 31 heavy (non-hydrogen) atoms. The molecule has 166 valence electrons. The van der Waals surface area contributed by atoms with Crippen molar-refractivity contribution in [3.8, 4) is 5.75 Å². The van der Waals surface area contributed by atoms with Gasteiger partial charge < -0.3 is 26.0 Å². The second kappa shape index (κ2) is 8.75. The summed E-state index contributed by atoms with van der Waals surface area (Å²) >= 11 is 0. The lowest BCUT2D eigenvalue weighted by atomic mass is 9.81. The van der Waals surface area contributed by atoms with Gasteiger partial charge in [-0.25, -0.2) is 9.59 Å². The third-order valence-electron chi connectivity index (χ3n) is 5.18. The highest BCUT2D eigenvalue weighted by Gasteiger charge is 2.34. The van der Waals surface area contributed by atoms with Crippen molar-refractivity contribution in [2.75, 3.05) is 11.5 Å². The first-order valence-corrected chi connectivity index (χ1v) is 9.53. The molecule has 1 saturated carbocycles. The van der Waals surface area contributed by atoms with Crippen LogP contribution in [0.1, 0.15) is 57.9 Å². The molecule has 3 rings (SSSR count). The fraction of sp³-hybridized carbons (Fsp3) is 0.333. The summed E-state index contributed by atoms with van der Waals surface area (Å²) in [6.45, 7) is 0. The van der Waals surface area contributed by atoms with Gasteiger partial charge in [0.2, 0.25) is 0 Å². The van der Waals surface area contributed by atoms with Gasteiger partial charge in [-0.15, -0.1) is 13.2 Å². The topological polar surface area (TPSA) is 125 Å². The summed E-state index contributed by atoms with van der Waals surface area (Å²) in [4.78, 5) is 23.5. The smallest absolute Gasteiger partial charge is 0.478 e. The molecule has 0 spiro atoms. The molecule has 0 aromatic heterocycles. The molecule has 0 atom stereocenters. The number of benzene rings is 2. The van der Waals surface area contributed by atoms with E-state index in [2.05, 4.69) is 4.74 Å². The van der Waals surface area contributed by atoms with E-state index in [1.165, 1.54) is 30.3 Å². The van der Waals surface area contributed by atoms with E-state index < -0.39 is 30.2 Å². The van der Waals surface area contributed by atoms with Crippen LogP contribution in [-0.4, -0.2) is 29.5 Å². The molecule has 0 saturated heterocycles. The number of anilines is 2. The Labute approximate surface area is 175 Å². The molecule has 7 nitrogen and oxygen atoms in total. The fourth-order valence-electron chi connectivity index (χ4n) is 3.83. The lowest BCUT2D eigenvalue weighted by Gasteiger charge is -2.30. The minimum atomic E-state index is -4.93. The van der Waals surface area contributed by atoms with Gasteiger partial charge in [0.1, 0.15) is 17.4 Å². The Bertz CT molecular complexity index is 962. The van der Waals surface area contributed by atoms with E-state index >= 15 is 0 Å². The molecule has 0 heterocycles. The van der Waals surface area contributed by atoms with Crippen LogP contribution in [0.5, 0.6) is 5.75 Å². The monoisotopic (exact) mass is 438 g/mol. The van der Waals surface area contributed by atoms with Gasteiger partial charge in [0.05, 0.1) is 5.56 Å². The second-order valence-electron chi connectivity index (χ2n) is 7.30. The first-order chi connectivity index (χ1) is 14.5. The highest BCUT2D eigenvalue weighted by molar-refractivity contribution is 5.92. The average molecular weight is 438 g/mol. The molecule has 2 aromatic carbocycles. The predicted molar refractivity (Wildman–Crippen MR) is 106 cm³/mol. The molecule has 0 aliphatic heterocycles. The zero-order chi connectivity index (χ0) is 22.8. The first-order valence-electron chi connectivity index (χ1n) is 9.53. The number of hydrogen-bond acceptors (Lipinski definition) is 6. The highest BCUT2D eigenvalue weighted by atomic mass is 19.4. The van der Waals surface area contributed by atoms with Crippen molar-refractivity contribution in [1.82, 2.24) is 0 Å². The Balaban J connectivity index is 1.65. The van der Waals surface area contributed by atoms with Gasteiger partial charge >= 0.3 is 18.3 Å². The lowest BCUT2D eigenvalue weighted by Crippen LogP contribution is -2.25. The molecular weight excluding hydrogens is 417 g/mol. The van der Waals surface area contributed by atoms with E-state index in [0.717, 1.165) is 6.07 Å². The summed E-state index contributed by atoms with van der Waals surface area (Å²) in [5.41, 5.74) is 13.0. The largest absolute Gasteiger partial charge is 0.573 e. The second-order valence-corrected chi connectivity index (χ2v) is 7.30.